The first kappa shape index (κ1) is 19.0. The number of ether oxygens (including phenoxy) is 1. The van der Waals surface area contributed by atoms with Gasteiger partial charge >= 0.3 is 5.97 Å². The number of aliphatic carboxylic acids is 1. The predicted octanol–water partition coefficient (Wildman–Crippen LogP) is 3.12. The number of carboxylic acids is 1. The third-order valence-electron chi connectivity index (χ3n) is 4.26. The van der Waals surface area contributed by atoms with E-state index in [-0.39, 0.29) is 18.1 Å². The highest BCUT2D eigenvalue weighted by Crippen LogP contribution is 2.21. The molecule has 0 aliphatic heterocycles. The topological polar surface area (TPSA) is 88.5 Å². The van der Waals surface area contributed by atoms with Crippen molar-refractivity contribution in [1.29, 1.82) is 0 Å². The summed E-state index contributed by atoms with van der Waals surface area (Å²) in [5.74, 6) is -2.05. The Morgan fingerprint density at radius 3 is 2.78 bits per heavy atom. The van der Waals surface area contributed by atoms with Crippen LogP contribution in [-0.2, 0) is 22.6 Å². The lowest BCUT2D eigenvalue weighted by molar-refractivity contribution is -0.141. The first-order valence-corrected chi connectivity index (χ1v) is 9.37. The van der Waals surface area contributed by atoms with Gasteiger partial charge in [0.15, 0.2) is 0 Å². The highest BCUT2D eigenvalue weighted by Gasteiger charge is 2.21. The molecule has 1 heterocycles. The van der Waals surface area contributed by atoms with Gasteiger partial charge in [-0.3, -0.25) is 9.59 Å². The number of rotatable bonds is 8. The second-order valence-electron chi connectivity index (χ2n) is 6.15. The van der Waals surface area contributed by atoms with Gasteiger partial charge in [-0.05, 0) is 22.8 Å². The van der Waals surface area contributed by atoms with Gasteiger partial charge in [-0.25, -0.2) is 4.98 Å². The maximum atomic E-state index is 12.3. The van der Waals surface area contributed by atoms with Crippen LogP contribution in [0, 0.1) is 5.92 Å². The molecule has 2 N–H and O–H groups in total. The Balaban J connectivity index is 1.68. The molecule has 1 amide bonds. The molecule has 2 aromatic carbocycles. The summed E-state index contributed by atoms with van der Waals surface area (Å²) in [5, 5.41) is 16.7. The molecule has 7 heteroatoms. The fraction of sp³-hybridized carbons (Fsp3) is 0.250. The first-order chi connectivity index (χ1) is 13.1. The lowest BCUT2D eigenvalue weighted by Crippen LogP contribution is -2.34. The summed E-state index contributed by atoms with van der Waals surface area (Å²) in [4.78, 5) is 28.1. The molecule has 1 aromatic heterocycles. The fourth-order valence-corrected chi connectivity index (χ4v) is 3.64. The third-order valence-corrected chi connectivity index (χ3v) is 5.08. The van der Waals surface area contributed by atoms with E-state index in [2.05, 4.69) is 10.3 Å². The van der Waals surface area contributed by atoms with Gasteiger partial charge in [0.05, 0.1) is 12.5 Å². The molecule has 0 aliphatic carbocycles. The number of carbonyl (C=O) groups excluding carboxylic acids is 1. The summed E-state index contributed by atoms with van der Waals surface area (Å²) in [7, 11) is 1.56. The van der Waals surface area contributed by atoms with Crippen molar-refractivity contribution in [3.63, 3.8) is 0 Å². The summed E-state index contributed by atoms with van der Waals surface area (Å²) in [6, 6.07) is 13.7. The maximum Gasteiger partial charge on any atom is 0.308 e. The Morgan fingerprint density at radius 2 is 2.00 bits per heavy atom. The number of benzene rings is 2. The normalized spacial score (nSPS) is 12.0. The van der Waals surface area contributed by atoms with Crippen LogP contribution in [0.5, 0.6) is 0 Å². The Labute approximate surface area is 160 Å². The Morgan fingerprint density at radius 1 is 1.22 bits per heavy atom. The SMILES string of the molecule is COCc1nc(C(=O)NCC(Cc2cccc3ccccc23)C(=O)O)cs1. The molecule has 27 heavy (non-hydrogen) atoms. The number of amides is 1. The van der Waals surface area contributed by atoms with Crippen LogP contribution in [0.1, 0.15) is 21.1 Å². The van der Waals surface area contributed by atoms with E-state index in [0.29, 0.717) is 18.0 Å². The van der Waals surface area contributed by atoms with E-state index >= 15 is 0 Å². The van der Waals surface area contributed by atoms with Gasteiger partial charge in [0, 0.05) is 19.0 Å². The van der Waals surface area contributed by atoms with Crippen LogP contribution in [0.4, 0.5) is 0 Å². The van der Waals surface area contributed by atoms with E-state index in [1.807, 2.05) is 42.5 Å². The average Bonchev–Trinajstić information content (AvgIpc) is 3.14. The van der Waals surface area contributed by atoms with Crippen LogP contribution in [0.25, 0.3) is 10.8 Å². The lowest BCUT2D eigenvalue weighted by atomic mass is 9.95. The molecular weight excluding hydrogens is 364 g/mol. The molecule has 0 fully saturated rings. The largest absolute Gasteiger partial charge is 0.481 e. The quantitative estimate of drug-likeness (QED) is 0.623. The van der Waals surface area contributed by atoms with Crippen LogP contribution < -0.4 is 5.32 Å². The van der Waals surface area contributed by atoms with Crippen molar-refractivity contribution in [2.45, 2.75) is 13.0 Å². The van der Waals surface area contributed by atoms with Crippen molar-refractivity contribution >= 4 is 34.0 Å². The Bertz CT molecular complexity index is 949. The van der Waals surface area contributed by atoms with Gasteiger partial charge in [0.2, 0.25) is 0 Å². The van der Waals surface area contributed by atoms with Gasteiger partial charge < -0.3 is 15.2 Å². The molecule has 1 atom stereocenters. The van der Waals surface area contributed by atoms with Crippen molar-refractivity contribution in [3.05, 3.63) is 64.1 Å². The van der Waals surface area contributed by atoms with Crippen LogP contribution in [0.15, 0.2) is 47.8 Å². The average molecular weight is 384 g/mol. The van der Waals surface area contributed by atoms with E-state index in [1.165, 1.54) is 11.3 Å². The lowest BCUT2D eigenvalue weighted by Gasteiger charge is -2.14. The number of aromatic nitrogens is 1. The summed E-state index contributed by atoms with van der Waals surface area (Å²) in [6.45, 7) is 0.380. The van der Waals surface area contributed by atoms with Crippen molar-refractivity contribution in [2.24, 2.45) is 5.92 Å². The monoisotopic (exact) mass is 384 g/mol. The van der Waals surface area contributed by atoms with Gasteiger partial charge in [0.1, 0.15) is 10.7 Å². The number of hydrogen-bond donors (Lipinski definition) is 2. The third kappa shape index (κ3) is 4.69. The molecule has 0 radical (unpaired) electrons. The summed E-state index contributed by atoms with van der Waals surface area (Å²) in [6.07, 6.45) is 0.336. The Hall–Kier alpha value is -2.77. The van der Waals surface area contributed by atoms with Gasteiger partial charge in [0.25, 0.3) is 5.91 Å². The van der Waals surface area contributed by atoms with Crippen LogP contribution in [0.2, 0.25) is 0 Å². The van der Waals surface area contributed by atoms with Gasteiger partial charge in [-0.1, -0.05) is 42.5 Å². The number of fused-ring (bicyclic) bond motifs is 1. The highest BCUT2D eigenvalue weighted by atomic mass is 32.1. The van der Waals surface area contributed by atoms with Crippen LogP contribution in [-0.4, -0.2) is 35.6 Å². The van der Waals surface area contributed by atoms with Crippen molar-refractivity contribution < 1.29 is 19.4 Å². The minimum Gasteiger partial charge on any atom is -0.481 e. The molecule has 6 nitrogen and oxygen atoms in total. The number of nitrogens with one attached hydrogen (secondary N) is 1. The van der Waals surface area contributed by atoms with Crippen molar-refractivity contribution in [3.8, 4) is 0 Å². The van der Waals surface area contributed by atoms with E-state index in [1.54, 1.807) is 12.5 Å². The van der Waals surface area contributed by atoms with E-state index in [4.69, 9.17) is 4.74 Å². The minimum absolute atomic E-state index is 0.0362. The number of carbonyl (C=O) groups is 2. The number of hydrogen-bond acceptors (Lipinski definition) is 5. The minimum atomic E-state index is -0.943. The number of methoxy groups -OCH3 is 1. The number of thiazole rings is 1. The molecular formula is C20H20N2O4S. The van der Waals surface area contributed by atoms with Crippen molar-refractivity contribution in [1.82, 2.24) is 10.3 Å². The van der Waals surface area contributed by atoms with E-state index in [0.717, 1.165) is 16.3 Å². The van der Waals surface area contributed by atoms with Crippen LogP contribution >= 0.6 is 11.3 Å². The van der Waals surface area contributed by atoms with Gasteiger partial charge in [-0.15, -0.1) is 11.3 Å². The van der Waals surface area contributed by atoms with Crippen LogP contribution in [0.3, 0.4) is 0 Å². The second-order valence-corrected chi connectivity index (χ2v) is 7.09. The smallest absolute Gasteiger partial charge is 0.308 e. The molecule has 0 aliphatic rings. The standard InChI is InChI=1S/C20H20N2O4S/c1-26-11-18-22-17(12-27-18)19(23)21-10-15(20(24)25)9-14-7-4-6-13-5-2-3-8-16(13)14/h2-8,12,15H,9-11H2,1H3,(H,21,23)(H,24,25). The summed E-state index contributed by atoms with van der Waals surface area (Å²) < 4.78 is 4.99. The fourth-order valence-electron chi connectivity index (χ4n) is 2.89. The molecule has 0 bridgehead atoms. The maximum absolute atomic E-state index is 12.3. The van der Waals surface area contributed by atoms with E-state index in [9.17, 15) is 14.7 Å². The zero-order valence-corrected chi connectivity index (χ0v) is 15.7. The Kier molecular flexibility index (Phi) is 6.16. The zero-order valence-electron chi connectivity index (χ0n) is 14.8. The first-order valence-electron chi connectivity index (χ1n) is 8.49. The zero-order chi connectivity index (χ0) is 19.2. The second kappa shape index (κ2) is 8.75. The highest BCUT2D eigenvalue weighted by molar-refractivity contribution is 7.09. The van der Waals surface area contributed by atoms with Gasteiger partial charge in [-0.2, -0.15) is 0 Å². The predicted molar refractivity (Wildman–Crippen MR) is 104 cm³/mol. The molecule has 0 saturated carbocycles. The molecule has 0 saturated heterocycles. The molecule has 3 aromatic rings. The molecule has 1 unspecified atom stereocenters. The molecule has 140 valence electrons. The summed E-state index contributed by atoms with van der Waals surface area (Å²) >= 11 is 1.33. The molecule has 0 spiro atoms. The van der Waals surface area contributed by atoms with Crippen molar-refractivity contribution in [2.75, 3.05) is 13.7 Å². The molecule has 3 rings (SSSR count). The number of carboxylic acid groups (broad SMARTS) is 1. The van der Waals surface area contributed by atoms with E-state index < -0.39 is 11.9 Å². The summed E-state index contributed by atoms with van der Waals surface area (Å²) in [5.41, 5.74) is 1.23. The number of nitrogens with zero attached hydrogens (tertiary/aromatic N) is 1.